The number of benzene rings is 1. The topological polar surface area (TPSA) is 138 Å². The monoisotopic (exact) mass is 396 g/mol. The van der Waals surface area contributed by atoms with Gasteiger partial charge in [-0.25, -0.2) is 19.2 Å². The molecule has 2 aliphatic heterocycles. The molecule has 0 bridgehead atoms. The van der Waals surface area contributed by atoms with E-state index in [-0.39, 0.29) is 22.3 Å². The van der Waals surface area contributed by atoms with Gasteiger partial charge in [-0.3, -0.25) is 19.9 Å². The number of cyclic esters (lactones) is 4. The normalized spacial score (nSPS) is 15.5. The Balaban J connectivity index is 1.82. The summed E-state index contributed by atoms with van der Waals surface area (Å²) in [6.45, 7) is 0. The van der Waals surface area contributed by atoms with Gasteiger partial charge in [-0.1, -0.05) is 0 Å². The fourth-order valence-electron chi connectivity index (χ4n) is 4.29. The SMILES string of the molecule is O=C1OC(=O)c2cnc3c4ncc5c6c(cnc(c7ncc1c2c73)c64)C(=O)OC5=O. The average Bonchev–Trinajstić information content (AvgIpc) is 2.74. The van der Waals surface area contributed by atoms with Crippen LogP contribution in [0, 0.1) is 0 Å². The van der Waals surface area contributed by atoms with Crippen molar-refractivity contribution in [3.8, 4) is 0 Å². The number of carbonyl (C=O) groups excluding carboxylic acids is 4. The van der Waals surface area contributed by atoms with Crippen LogP contribution in [0.5, 0.6) is 0 Å². The zero-order valence-electron chi connectivity index (χ0n) is 14.5. The van der Waals surface area contributed by atoms with Gasteiger partial charge in [0.15, 0.2) is 0 Å². The van der Waals surface area contributed by atoms with Crippen molar-refractivity contribution in [2.45, 2.75) is 0 Å². The highest BCUT2D eigenvalue weighted by atomic mass is 16.6. The van der Waals surface area contributed by atoms with E-state index in [0.717, 1.165) is 0 Å². The highest BCUT2D eigenvalue weighted by molar-refractivity contribution is 6.36. The highest BCUT2D eigenvalue weighted by Crippen LogP contribution is 2.42. The van der Waals surface area contributed by atoms with E-state index in [1.807, 2.05) is 0 Å². The first-order valence-corrected chi connectivity index (χ1v) is 8.71. The molecular weight excluding hydrogens is 392 g/mol. The summed E-state index contributed by atoms with van der Waals surface area (Å²) >= 11 is 0. The first-order chi connectivity index (χ1) is 14.5. The summed E-state index contributed by atoms with van der Waals surface area (Å²) in [7, 11) is 0. The molecule has 0 radical (unpaired) electrons. The molecule has 0 aliphatic carbocycles. The van der Waals surface area contributed by atoms with Gasteiger partial charge in [-0.2, -0.15) is 0 Å². The third-order valence-electron chi connectivity index (χ3n) is 5.51. The number of nitrogens with zero attached hydrogens (tertiary/aromatic N) is 4. The van der Waals surface area contributed by atoms with Gasteiger partial charge in [0.05, 0.1) is 44.3 Å². The summed E-state index contributed by atoms with van der Waals surface area (Å²) in [6.07, 6.45) is 5.26. The van der Waals surface area contributed by atoms with Crippen LogP contribution in [0.4, 0.5) is 0 Å². The molecule has 4 aromatic heterocycles. The fraction of sp³-hybridized carbons (Fsp3) is 0. The number of pyridine rings is 4. The standard InChI is InChI=1S/C20H4N4O6/c25-17-5-1-21-13-11-9(5)6(18(26)29-17)2-23-15(11)16-12-10-7(3-22-14(12)13)19(27)30-20(28)8(10)4-24-16/h1-4H. The molecule has 5 aromatic rings. The molecule has 7 rings (SSSR count). The minimum absolute atomic E-state index is 0.139. The number of hydrogen-bond donors (Lipinski definition) is 0. The minimum Gasteiger partial charge on any atom is -0.386 e. The number of rotatable bonds is 0. The molecule has 2 aliphatic rings. The van der Waals surface area contributed by atoms with Crippen molar-refractivity contribution < 1.29 is 28.7 Å². The minimum atomic E-state index is -0.797. The van der Waals surface area contributed by atoms with E-state index in [2.05, 4.69) is 19.9 Å². The zero-order chi connectivity index (χ0) is 20.3. The molecule has 0 saturated heterocycles. The van der Waals surface area contributed by atoms with Gasteiger partial charge in [-0.15, -0.1) is 0 Å². The molecule has 0 N–H and O–H groups in total. The molecule has 0 spiro atoms. The molecule has 30 heavy (non-hydrogen) atoms. The zero-order valence-corrected chi connectivity index (χ0v) is 14.5. The van der Waals surface area contributed by atoms with Crippen LogP contribution < -0.4 is 0 Å². The van der Waals surface area contributed by atoms with E-state index in [4.69, 9.17) is 9.47 Å². The van der Waals surface area contributed by atoms with Crippen LogP contribution in [0.25, 0.3) is 43.6 Å². The molecule has 0 atom stereocenters. The lowest BCUT2D eigenvalue weighted by Gasteiger charge is -2.20. The third kappa shape index (κ3) is 1.54. The van der Waals surface area contributed by atoms with Crippen LogP contribution in [-0.4, -0.2) is 43.8 Å². The Kier molecular flexibility index (Phi) is 2.40. The summed E-state index contributed by atoms with van der Waals surface area (Å²) in [6, 6.07) is 0. The Bertz CT molecular complexity index is 1480. The predicted octanol–water partition coefficient (Wildman–Crippen LogP) is 1.94. The molecular formula is C20H4N4O6. The van der Waals surface area contributed by atoms with E-state index in [1.54, 1.807) is 0 Å². The molecule has 0 fully saturated rings. The number of ether oxygens (including phenoxy) is 2. The smallest absolute Gasteiger partial charge is 0.348 e. The number of aromatic nitrogens is 4. The van der Waals surface area contributed by atoms with E-state index in [9.17, 15) is 19.2 Å². The molecule has 0 saturated carbocycles. The lowest BCUT2D eigenvalue weighted by atomic mass is 9.93. The van der Waals surface area contributed by atoms with Crippen molar-refractivity contribution in [1.82, 2.24) is 19.9 Å². The third-order valence-corrected chi connectivity index (χ3v) is 5.51. The van der Waals surface area contributed by atoms with Gasteiger partial charge >= 0.3 is 23.9 Å². The van der Waals surface area contributed by atoms with Crippen molar-refractivity contribution in [2.75, 3.05) is 0 Å². The summed E-state index contributed by atoms with van der Waals surface area (Å²) < 4.78 is 9.52. The molecule has 140 valence electrons. The van der Waals surface area contributed by atoms with E-state index < -0.39 is 23.9 Å². The quantitative estimate of drug-likeness (QED) is 0.165. The van der Waals surface area contributed by atoms with Crippen molar-refractivity contribution in [3.63, 3.8) is 0 Å². The summed E-state index contributed by atoms with van der Waals surface area (Å²) in [5.41, 5.74) is 2.02. The maximum atomic E-state index is 12.2. The molecule has 6 heterocycles. The van der Waals surface area contributed by atoms with Gasteiger partial charge in [0.1, 0.15) is 0 Å². The van der Waals surface area contributed by atoms with Gasteiger partial charge < -0.3 is 9.47 Å². The van der Waals surface area contributed by atoms with E-state index in [1.165, 1.54) is 24.8 Å². The maximum absolute atomic E-state index is 12.2. The largest absolute Gasteiger partial charge is 0.386 e. The van der Waals surface area contributed by atoms with Gasteiger partial charge in [0.25, 0.3) is 0 Å². The predicted molar refractivity (Wildman–Crippen MR) is 98.3 cm³/mol. The Hall–Kier alpha value is -4.60. The first-order valence-electron chi connectivity index (χ1n) is 8.71. The lowest BCUT2D eigenvalue weighted by Crippen LogP contribution is -2.21. The molecule has 10 nitrogen and oxygen atoms in total. The van der Waals surface area contributed by atoms with Crippen molar-refractivity contribution >= 4 is 67.5 Å². The van der Waals surface area contributed by atoms with E-state index in [0.29, 0.717) is 43.6 Å². The van der Waals surface area contributed by atoms with Crippen LogP contribution in [0.3, 0.4) is 0 Å². The van der Waals surface area contributed by atoms with Crippen LogP contribution in [0.1, 0.15) is 41.4 Å². The second-order valence-electron chi connectivity index (χ2n) is 6.94. The second kappa shape index (κ2) is 4.69. The molecule has 1 aromatic carbocycles. The number of fused-ring (bicyclic) bond motifs is 2. The maximum Gasteiger partial charge on any atom is 0.348 e. The van der Waals surface area contributed by atoms with Gasteiger partial charge in [-0.05, 0) is 0 Å². The Morgan fingerprint density at radius 2 is 0.700 bits per heavy atom. The van der Waals surface area contributed by atoms with Crippen LogP contribution >= 0.6 is 0 Å². The molecule has 0 amide bonds. The summed E-state index contributed by atoms with van der Waals surface area (Å²) in [5, 5.41) is 1.61. The van der Waals surface area contributed by atoms with Crippen LogP contribution in [-0.2, 0) is 9.47 Å². The lowest BCUT2D eigenvalue weighted by molar-refractivity contribution is 0.0372. The summed E-state index contributed by atoms with van der Waals surface area (Å²) in [5.74, 6) is -3.19. The summed E-state index contributed by atoms with van der Waals surface area (Å²) in [4.78, 5) is 66.4. The molecule has 10 heteroatoms. The number of hydrogen-bond acceptors (Lipinski definition) is 10. The van der Waals surface area contributed by atoms with Crippen LogP contribution in [0.2, 0.25) is 0 Å². The Morgan fingerprint density at radius 3 is 0.967 bits per heavy atom. The van der Waals surface area contributed by atoms with Gasteiger partial charge in [0, 0.05) is 46.3 Å². The van der Waals surface area contributed by atoms with Crippen LogP contribution in [0.15, 0.2) is 24.8 Å². The Morgan fingerprint density at radius 1 is 0.433 bits per heavy atom. The van der Waals surface area contributed by atoms with E-state index >= 15 is 0 Å². The van der Waals surface area contributed by atoms with Gasteiger partial charge in [0.2, 0.25) is 0 Å². The fourth-order valence-corrected chi connectivity index (χ4v) is 4.29. The average molecular weight is 396 g/mol. The van der Waals surface area contributed by atoms with Crippen molar-refractivity contribution in [3.05, 3.63) is 47.0 Å². The highest BCUT2D eigenvalue weighted by Gasteiger charge is 2.34. The first kappa shape index (κ1) is 15.3. The van der Waals surface area contributed by atoms with Crippen molar-refractivity contribution in [2.24, 2.45) is 0 Å². The second-order valence-corrected chi connectivity index (χ2v) is 6.94. The van der Waals surface area contributed by atoms with Crippen molar-refractivity contribution in [1.29, 1.82) is 0 Å². The molecule has 0 unspecified atom stereocenters. The number of carbonyl (C=O) groups is 4. The number of esters is 4. The Labute approximate surface area is 163 Å².